The Bertz CT molecular complexity index is 1110. The molecule has 3 rings (SSSR count). The van der Waals surface area contributed by atoms with E-state index < -0.39 is 17.7 Å². The predicted molar refractivity (Wildman–Crippen MR) is 146 cm³/mol. The van der Waals surface area contributed by atoms with Crippen LogP contribution in [0.15, 0.2) is 48.0 Å². The zero-order chi connectivity index (χ0) is 27.5. The van der Waals surface area contributed by atoms with Gasteiger partial charge in [-0.1, -0.05) is 25.8 Å². The number of amides is 1. The number of benzene rings is 2. The van der Waals surface area contributed by atoms with Crippen molar-refractivity contribution in [3.63, 3.8) is 0 Å². The molecule has 0 saturated carbocycles. The molecule has 1 atom stereocenters. The van der Waals surface area contributed by atoms with Gasteiger partial charge in [0.15, 0.2) is 11.5 Å². The number of hydrogen-bond donors (Lipinski definition) is 1. The maximum absolute atomic E-state index is 13.3. The molecule has 1 N–H and O–H groups in total. The molecule has 2 aromatic carbocycles. The number of methoxy groups -OCH3 is 1. The molecular formula is C30H39NO7. The van der Waals surface area contributed by atoms with Gasteiger partial charge >= 0.3 is 0 Å². The van der Waals surface area contributed by atoms with Crippen LogP contribution in [0.5, 0.6) is 17.2 Å². The molecule has 1 aliphatic rings. The minimum atomic E-state index is -0.785. The number of rotatable bonds is 15. The number of nitrogens with zero attached hydrogens (tertiary/aromatic N) is 1. The molecule has 0 radical (unpaired) electrons. The maximum Gasteiger partial charge on any atom is 0.295 e. The van der Waals surface area contributed by atoms with Gasteiger partial charge in [-0.3, -0.25) is 9.59 Å². The summed E-state index contributed by atoms with van der Waals surface area (Å²) in [5, 5.41) is 11.3. The summed E-state index contributed by atoms with van der Waals surface area (Å²) >= 11 is 0. The molecule has 1 unspecified atom stereocenters. The molecule has 1 saturated heterocycles. The lowest BCUT2D eigenvalue weighted by molar-refractivity contribution is -0.140. The van der Waals surface area contributed by atoms with E-state index in [4.69, 9.17) is 18.9 Å². The first-order chi connectivity index (χ1) is 18.5. The average molecular weight is 526 g/mol. The molecule has 1 aliphatic heterocycles. The maximum atomic E-state index is 13.3. The summed E-state index contributed by atoms with van der Waals surface area (Å²) in [4.78, 5) is 27.9. The van der Waals surface area contributed by atoms with Gasteiger partial charge in [0, 0.05) is 25.8 Å². The molecule has 2 aromatic rings. The molecule has 1 fully saturated rings. The van der Waals surface area contributed by atoms with Crippen LogP contribution < -0.4 is 14.2 Å². The van der Waals surface area contributed by atoms with Crippen molar-refractivity contribution in [2.24, 2.45) is 0 Å². The van der Waals surface area contributed by atoms with Gasteiger partial charge in [-0.15, -0.1) is 0 Å². The summed E-state index contributed by atoms with van der Waals surface area (Å²) in [7, 11) is 1.59. The van der Waals surface area contributed by atoms with Crippen molar-refractivity contribution in [1.82, 2.24) is 4.90 Å². The second kappa shape index (κ2) is 14.4. The lowest BCUT2D eigenvalue weighted by atomic mass is 9.95. The third-order valence-corrected chi connectivity index (χ3v) is 6.31. The van der Waals surface area contributed by atoms with Gasteiger partial charge in [0.1, 0.15) is 11.5 Å². The number of likely N-dealkylation sites (tertiary alicyclic amines) is 1. The highest BCUT2D eigenvalue weighted by atomic mass is 16.5. The van der Waals surface area contributed by atoms with Crippen molar-refractivity contribution < 1.29 is 33.6 Å². The molecule has 1 heterocycles. The van der Waals surface area contributed by atoms with E-state index in [1.807, 2.05) is 19.9 Å². The summed E-state index contributed by atoms with van der Waals surface area (Å²) in [6.07, 6.45) is 3.64. The van der Waals surface area contributed by atoms with Gasteiger partial charge in [-0.2, -0.15) is 0 Å². The van der Waals surface area contributed by atoms with Crippen LogP contribution in [0.4, 0.5) is 0 Å². The monoisotopic (exact) mass is 525 g/mol. The Morgan fingerprint density at radius 3 is 2.26 bits per heavy atom. The number of ketones is 1. The number of carbonyl (C=O) groups is 2. The van der Waals surface area contributed by atoms with Crippen molar-refractivity contribution in [1.29, 1.82) is 0 Å². The van der Waals surface area contributed by atoms with E-state index in [1.54, 1.807) is 43.5 Å². The molecule has 0 aliphatic carbocycles. The first kappa shape index (κ1) is 29.0. The fourth-order valence-corrected chi connectivity index (χ4v) is 4.48. The van der Waals surface area contributed by atoms with Crippen molar-refractivity contribution in [2.45, 2.75) is 52.5 Å². The van der Waals surface area contributed by atoms with Gasteiger partial charge in [0.25, 0.3) is 11.7 Å². The van der Waals surface area contributed by atoms with Crippen molar-refractivity contribution in [3.05, 3.63) is 59.2 Å². The van der Waals surface area contributed by atoms with Crippen molar-refractivity contribution >= 4 is 17.4 Å². The lowest BCUT2D eigenvalue weighted by Crippen LogP contribution is -2.31. The van der Waals surface area contributed by atoms with Crippen LogP contribution in [0.3, 0.4) is 0 Å². The molecule has 0 spiro atoms. The summed E-state index contributed by atoms with van der Waals surface area (Å²) in [5.41, 5.74) is 1.11. The third kappa shape index (κ3) is 6.86. The Hall–Kier alpha value is -3.52. The largest absolute Gasteiger partial charge is 0.507 e. The van der Waals surface area contributed by atoms with E-state index in [0.717, 1.165) is 19.3 Å². The van der Waals surface area contributed by atoms with Gasteiger partial charge in [-0.05, 0) is 68.7 Å². The lowest BCUT2D eigenvalue weighted by Gasteiger charge is -2.26. The second-order valence-corrected chi connectivity index (χ2v) is 8.99. The number of hydrogen-bond acceptors (Lipinski definition) is 7. The minimum Gasteiger partial charge on any atom is -0.507 e. The van der Waals surface area contributed by atoms with Gasteiger partial charge in [-0.25, -0.2) is 0 Å². The number of aliphatic hydroxyl groups excluding tert-OH is 1. The smallest absolute Gasteiger partial charge is 0.295 e. The number of unbranched alkanes of at least 4 members (excludes halogenated alkanes) is 2. The Balaban J connectivity index is 2.05. The van der Waals surface area contributed by atoms with E-state index >= 15 is 0 Å². The van der Waals surface area contributed by atoms with Crippen molar-refractivity contribution in [3.8, 4) is 17.2 Å². The molecule has 1 amide bonds. The van der Waals surface area contributed by atoms with Crippen molar-refractivity contribution in [2.75, 3.05) is 40.1 Å². The second-order valence-electron chi connectivity index (χ2n) is 8.99. The number of ether oxygens (including phenoxy) is 4. The van der Waals surface area contributed by atoms with E-state index in [1.165, 1.54) is 4.90 Å². The Morgan fingerprint density at radius 1 is 0.868 bits per heavy atom. The normalized spacial score (nSPS) is 16.6. The summed E-state index contributed by atoms with van der Waals surface area (Å²) in [6.45, 7) is 8.14. The van der Waals surface area contributed by atoms with Crippen LogP contribution in [0, 0.1) is 0 Å². The number of carbonyl (C=O) groups excluding carboxylic acids is 2. The van der Waals surface area contributed by atoms with Crippen LogP contribution in [0.2, 0.25) is 0 Å². The molecule has 0 bridgehead atoms. The van der Waals surface area contributed by atoms with Crippen LogP contribution in [-0.4, -0.2) is 61.8 Å². The highest BCUT2D eigenvalue weighted by molar-refractivity contribution is 6.46. The molecule has 8 heteroatoms. The van der Waals surface area contributed by atoms with Crippen LogP contribution in [-0.2, 0) is 14.3 Å². The first-order valence-corrected chi connectivity index (χ1v) is 13.4. The Morgan fingerprint density at radius 2 is 1.61 bits per heavy atom. The zero-order valence-corrected chi connectivity index (χ0v) is 22.8. The van der Waals surface area contributed by atoms with Gasteiger partial charge in [0.05, 0.1) is 31.4 Å². The third-order valence-electron chi connectivity index (χ3n) is 6.31. The predicted octanol–water partition coefficient (Wildman–Crippen LogP) is 5.51. The van der Waals surface area contributed by atoms with Gasteiger partial charge in [0.2, 0.25) is 0 Å². The molecular weight excluding hydrogens is 486 g/mol. The Labute approximate surface area is 225 Å². The molecule has 38 heavy (non-hydrogen) atoms. The Kier molecular flexibility index (Phi) is 11.0. The highest BCUT2D eigenvalue weighted by Crippen LogP contribution is 2.42. The SMILES string of the molecule is CCCCCOc1ccc(C2/C(=C(\O)c3ccc(OCC)cc3)C(=O)C(=O)N2CCCOC)cc1OCC. The fraction of sp³-hybridized carbons (Fsp3) is 0.467. The molecule has 8 nitrogen and oxygen atoms in total. The van der Waals surface area contributed by atoms with Crippen LogP contribution >= 0.6 is 0 Å². The van der Waals surface area contributed by atoms with E-state index in [-0.39, 0.29) is 11.3 Å². The topological polar surface area (TPSA) is 94.5 Å². The van der Waals surface area contributed by atoms with E-state index in [0.29, 0.717) is 67.8 Å². The standard InChI is InChI=1S/C30H39NO7/c1-5-8-9-19-38-24-16-13-22(20-25(24)37-7-3)27-26(29(33)30(34)31(27)17-10-18-35-4)28(32)21-11-14-23(15-12-21)36-6-2/h11-16,20,27,32H,5-10,17-19H2,1-4H3/b28-26+. The van der Waals surface area contributed by atoms with Crippen LogP contribution in [0.25, 0.3) is 5.76 Å². The van der Waals surface area contributed by atoms with E-state index in [2.05, 4.69) is 6.92 Å². The summed E-state index contributed by atoms with van der Waals surface area (Å²) in [5.74, 6) is 0.174. The van der Waals surface area contributed by atoms with Gasteiger partial charge < -0.3 is 29.0 Å². The number of Topliss-reactive ketones (excluding diaryl/α,β-unsaturated/α-hetero) is 1. The van der Waals surface area contributed by atoms with Crippen LogP contribution in [0.1, 0.15) is 63.6 Å². The fourth-order valence-electron chi connectivity index (χ4n) is 4.48. The van der Waals surface area contributed by atoms with E-state index in [9.17, 15) is 14.7 Å². The molecule has 0 aromatic heterocycles. The summed E-state index contributed by atoms with van der Waals surface area (Å²) in [6, 6.07) is 11.4. The first-order valence-electron chi connectivity index (χ1n) is 13.4. The molecule has 206 valence electrons. The summed E-state index contributed by atoms with van der Waals surface area (Å²) < 4.78 is 22.5. The quantitative estimate of drug-likeness (QED) is 0.142. The highest BCUT2D eigenvalue weighted by Gasteiger charge is 2.46. The number of aliphatic hydroxyl groups is 1. The zero-order valence-electron chi connectivity index (χ0n) is 22.8. The average Bonchev–Trinajstić information content (AvgIpc) is 3.17. The minimum absolute atomic E-state index is 0.0376.